The van der Waals surface area contributed by atoms with Gasteiger partial charge in [-0.1, -0.05) is 12.1 Å². The maximum absolute atomic E-state index is 13.1. The number of nitrogens with zero attached hydrogens (tertiary/aromatic N) is 3. The highest BCUT2D eigenvalue weighted by atomic mass is 19.4. The molecule has 0 bridgehead atoms. The van der Waals surface area contributed by atoms with Gasteiger partial charge in [0.15, 0.2) is 5.78 Å². The lowest BCUT2D eigenvalue weighted by atomic mass is 9.79. The third-order valence-corrected chi connectivity index (χ3v) is 5.36. The summed E-state index contributed by atoms with van der Waals surface area (Å²) in [5.74, 6) is 0.976. The number of hydrogen-bond donors (Lipinski definition) is 1. The van der Waals surface area contributed by atoms with E-state index in [-0.39, 0.29) is 18.1 Å². The SMILES string of the molecule is O=C1C[C@H](c2ccco2)CC2=C1[C@@H](c1ccc(C(F)(F)F)cc1)n1ncnc1N2. The molecule has 29 heavy (non-hydrogen) atoms. The average molecular weight is 400 g/mol. The molecule has 2 aliphatic rings. The molecule has 5 rings (SSSR count). The molecule has 2 atom stereocenters. The smallest absolute Gasteiger partial charge is 0.416 e. The van der Waals surface area contributed by atoms with Crippen LogP contribution in [0.3, 0.4) is 0 Å². The predicted molar refractivity (Wildman–Crippen MR) is 95.9 cm³/mol. The Balaban J connectivity index is 1.58. The van der Waals surface area contributed by atoms with E-state index in [0.717, 1.165) is 17.9 Å². The van der Waals surface area contributed by atoms with E-state index in [4.69, 9.17) is 4.42 Å². The Morgan fingerprint density at radius 2 is 1.93 bits per heavy atom. The van der Waals surface area contributed by atoms with Crippen molar-refractivity contribution in [3.63, 3.8) is 0 Å². The Bertz CT molecular complexity index is 1100. The average Bonchev–Trinajstić information content (AvgIpc) is 3.37. The summed E-state index contributed by atoms with van der Waals surface area (Å²) in [6, 6.07) is 7.81. The van der Waals surface area contributed by atoms with E-state index in [1.165, 1.54) is 23.1 Å². The van der Waals surface area contributed by atoms with Crippen molar-refractivity contribution in [1.82, 2.24) is 14.8 Å². The molecule has 0 saturated heterocycles. The molecule has 0 spiro atoms. The normalized spacial score (nSPS) is 21.6. The minimum atomic E-state index is -4.42. The van der Waals surface area contributed by atoms with Crippen molar-refractivity contribution in [2.75, 3.05) is 5.32 Å². The summed E-state index contributed by atoms with van der Waals surface area (Å²) < 4.78 is 45.9. The third-order valence-electron chi connectivity index (χ3n) is 5.36. The molecule has 9 heteroatoms. The first-order valence-corrected chi connectivity index (χ1v) is 9.05. The van der Waals surface area contributed by atoms with Crippen LogP contribution in [0.1, 0.15) is 41.7 Å². The first kappa shape index (κ1) is 17.7. The Kier molecular flexibility index (Phi) is 3.87. The van der Waals surface area contributed by atoms with E-state index in [1.807, 2.05) is 6.07 Å². The molecule has 1 N–H and O–H groups in total. The molecule has 1 aromatic carbocycles. The quantitative estimate of drug-likeness (QED) is 0.694. The Morgan fingerprint density at radius 3 is 2.62 bits per heavy atom. The molecule has 0 radical (unpaired) electrons. The molecule has 3 aromatic rings. The minimum Gasteiger partial charge on any atom is -0.469 e. The molecule has 0 unspecified atom stereocenters. The number of furan rings is 1. The molecule has 3 heterocycles. The van der Waals surface area contributed by atoms with Gasteiger partial charge in [0.05, 0.1) is 11.8 Å². The number of carbonyl (C=O) groups excluding carboxylic acids is 1. The zero-order chi connectivity index (χ0) is 20.2. The van der Waals surface area contributed by atoms with Crippen LogP contribution >= 0.6 is 0 Å². The van der Waals surface area contributed by atoms with E-state index < -0.39 is 17.8 Å². The number of rotatable bonds is 2. The van der Waals surface area contributed by atoms with Crippen molar-refractivity contribution in [1.29, 1.82) is 0 Å². The fourth-order valence-corrected chi connectivity index (χ4v) is 4.04. The Labute approximate surface area is 163 Å². The van der Waals surface area contributed by atoms with Gasteiger partial charge >= 0.3 is 6.18 Å². The lowest BCUT2D eigenvalue weighted by Crippen LogP contribution is -2.33. The fraction of sp³-hybridized carbons (Fsp3) is 0.250. The molecule has 0 fully saturated rings. The summed E-state index contributed by atoms with van der Waals surface area (Å²) in [7, 11) is 0. The number of nitrogens with one attached hydrogen (secondary N) is 1. The van der Waals surface area contributed by atoms with Crippen LogP contribution < -0.4 is 5.32 Å². The van der Waals surface area contributed by atoms with Crippen LogP contribution in [0.2, 0.25) is 0 Å². The number of alkyl halides is 3. The summed E-state index contributed by atoms with van der Waals surface area (Å²) in [6.07, 6.45) is -0.702. The minimum absolute atomic E-state index is 0.0915. The number of carbonyl (C=O) groups is 1. The van der Waals surface area contributed by atoms with Crippen LogP contribution in [-0.4, -0.2) is 20.5 Å². The van der Waals surface area contributed by atoms with Crippen LogP contribution in [-0.2, 0) is 11.0 Å². The first-order chi connectivity index (χ1) is 13.9. The molecule has 1 aliphatic heterocycles. The number of fused-ring (bicyclic) bond motifs is 1. The number of anilines is 1. The molecule has 0 saturated carbocycles. The van der Waals surface area contributed by atoms with Crippen LogP contribution in [0, 0.1) is 0 Å². The van der Waals surface area contributed by atoms with E-state index in [1.54, 1.807) is 12.3 Å². The number of hydrogen-bond acceptors (Lipinski definition) is 5. The lowest BCUT2D eigenvalue weighted by Gasteiger charge is -2.34. The maximum atomic E-state index is 13.1. The van der Waals surface area contributed by atoms with Gasteiger partial charge in [-0.25, -0.2) is 4.68 Å². The highest BCUT2D eigenvalue weighted by Crippen LogP contribution is 2.44. The van der Waals surface area contributed by atoms with Crippen LogP contribution in [0.15, 0.2) is 64.7 Å². The summed E-state index contributed by atoms with van der Waals surface area (Å²) in [4.78, 5) is 17.3. The lowest BCUT2D eigenvalue weighted by molar-refractivity contribution is -0.137. The van der Waals surface area contributed by atoms with Gasteiger partial charge in [-0.2, -0.15) is 23.3 Å². The number of ketones is 1. The van der Waals surface area contributed by atoms with E-state index in [2.05, 4.69) is 15.4 Å². The van der Waals surface area contributed by atoms with Gasteiger partial charge in [-0.3, -0.25) is 4.79 Å². The maximum Gasteiger partial charge on any atom is 0.416 e. The second kappa shape index (κ2) is 6.33. The summed E-state index contributed by atoms with van der Waals surface area (Å²) in [5.41, 5.74) is 1.01. The highest BCUT2D eigenvalue weighted by Gasteiger charge is 2.40. The van der Waals surface area contributed by atoms with Crippen molar-refractivity contribution in [2.45, 2.75) is 31.0 Å². The topological polar surface area (TPSA) is 73.0 Å². The van der Waals surface area contributed by atoms with Crippen molar-refractivity contribution in [3.05, 3.63) is 77.1 Å². The number of halogens is 3. The Morgan fingerprint density at radius 1 is 1.14 bits per heavy atom. The van der Waals surface area contributed by atoms with Gasteiger partial charge in [-0.05, 0) is 36.2 Å². The van der Waals surface area contributed by atoms with Gasteiger partial charge < -0.3 is 9.73 Å². The number of benzene rings is 1. The third kappa shape index (κ3) is 2.93. The van der Waals surface area contributed by atoms with Crippen molar-refractivity contribution in [2.24, 2.45) is 0 Å². The molecule has 0 amide bonds. The number of aromatic nitrogens is 3. The standard InChI is InChI=1S/C20H15F3N4O2/c21-20(22,23)13-5-3-11(4-6-13)18-17-14(26-19-24-10-25-27(18)19)8-12(9-15(17)28)16-2-1-7-29-16/h1-7,10,12,18H,8-9H2,(H,24,25,26)/t12-,18-/m1/s1. The number of Topliss-reactive ketones (excluding diaryl/α,β-unsaturated/α-hetero) is 1. The summed E-state index contributed by atoms with van der Waals surface area (Å²) in [6.45, 7) is 0. The first-order valence-electron chi connectivity index (χ1n) is 9.05. The van der Waals surface area contributed by atoms with Crippen LogP contribution in [0.4, 0.5) is 19.1 Å². The van der Waals surface area contributed by atoms with Crippen LogP contribution in [0.25, 0.3) is 0 Å². The van der Waals surface area contributed by atoms with E-state index in [9.17, 15) is 18.0 Å². The molecule has 6 nitrogen and oxygen atoms in total. The zero-order valence-electron chi connectivity index (χ0n) is 15.0. The van der Waals surface area contributed by atoms with Crippen molar-refractivity contribution in [3.8, 4) is 0 Å². The summed E-state index contributed by atoms with van der Waals surface area (Å²) in [5, 5.41) is 7.36. The molecular weight excluding hydrogens is 385 g/mol. The van der Waals surface area contributed by atoms with Crippen molar-refractivity contribution >= 4 is 11.7 Å². The predicted octanol–water partition coefficient (Wildman–Crippen LogP) is 4.31. The molecule has 1 aliphatic carbocycles. The fourth-order valence-electron chi connectivity index (χ4n) is 4.04. The number of allylic oxidation sites excluding steroid dienone is 2. The van der Waals surface area contributed by atoms with Gasteiger partial charge in [0.1, 0.15) is 18.1 Å². The summed E-state index contributed by atoms with van der Waals surface area (Å²) >= 11 is 0. The molecule has 2 aromatic heterocycles. The Hall–Kier alpha value is -3.36. The van der Waals surface area contributed by atoms with E-state index >= 15 is 0 Å². The van der Waals surface area contributed by atoms with Crippen molar-refractivity contribution < 1.29 is 22.4 Å². The second-order valence-corrected chi connectivity index (χ2v) is 7.11. The van der Waals surface area contributed by atoms with E-state index in [0.29, 0.717) is 29.2 Å². The zero-order valence-corrected chi connectivity index (χ0v) is 15.0. The monoisotopic (exact) mass is 400 g/mol. The second-order valence-electron chi connectivity index (χ2n) is 7.11. The largest absolute Gasteiger partial charge is 0.469 e. The molecule has 148 valence electrons. The van der Waals surface area contributed by atoms with Gasteiger partial charge in [0, 0.05) is 23.6 Å². The highest BCUT2D eigenvalue weighted by molar-refractivity contribution is 6.00. The van der Waals surface area contributed by atoms with Gasteiger partial charge in [-0.15, -0.1) is 0 Å². The molecular formula is C20H15F3N4O2. The van der Waals surface area contributed by atoms with Gasteiger partial charge in [0.25, 0.3) is 0 Å². The van der Waals surface area contributed by atoms with Gasteiger partial charge in [0.2, 0.25) is 5.95 Å². The van der Waals surface area contributed by atoms with Crippen LogP contribution in [0.5, 0.6) is 0 Å².